The van der Waals surface area contributed by atoms with Crippen LogP contribution in [0.25, 0.3) is 0 Å². The zero-order chi connectivity index (χ0) is 9.26. The summed E-state index contributed by atoms with van der Waals surface area (Å²) < 4.78 is 0. The van der Waals surface area contributed by atoms with E-state index in [9.17, 15) is 0 Å². The van der Waals surface area contributed by atoms with E-state index in [0.29, 0.717) is 0 Å². The second kappa shape index (κ2) is 3.09. The largest absolute Gasteiger partial charge is 0.374 e. The van der Waals surface area contributed by atoms with Gasteiger partial charge < -0.3 is 10.7 Å². The lowest BCUT2D eigenvalue weighted by atomic mass is 10.1. The van der Waals surface area contributed by atoms with Crippen molar-refractivity contribution in [2.75, 3.05) is 18.5 Å². The number of rotatable bonds is 1. The van der Waals surface area contributed by atoms with Crippen LogP contribution >= 0.6 is 0 Å². The smallest absolute Gasteiger partial charge is 0.0538 e. The molecule has 0 saturated carbocycles. The number of likely N-dealkylation sites (N-methyl/N-ethyl adjacent to an activating group) is 1. The molecule has 0 amide bonds. The summed E-state index contributed by atoms with van der Waals surface area (Å²) in [6.45, 7) is 1.11. The summed E-state index contributed by atoms with van der Waals surface area (Å²) >= 11 is 0. The van der Waals surface area contributed by atoms with Gasteiger partial charge in [-0.15, -0.1) is 0 Å². The minimum absolute atomic E-state index is 1.08. The third-order valence-electron chi connectivity index (χ3n) is 2.45. The van der Waals surface area contributed by atoms with Gasteiger partial charge in [-0.3, -0.25) is 0 Å². The van der Waals surface area contributed by atoms with Crippen LogP contribution in [0.1, 0.15) is 11.1 Å². The molecule has 1 aliphatic heterocycles. The molecule has 1 aliphatic rings. The van der Waals surface area contributed by atoms with Gasteiger partial charge in [0.1, 0.15) is 0 Å². The molecule has 0 atom stereocenters. The molecule has 3 heteroatoms. The predicted molar refractivity (Wildman–Crippen MR) is 55.2 cm³/mol. The highest BCUT2D eigenvalue weighted by atomic mass is 15.1. The number of hydrazone groups is 1. The van der Waals surface area contributed by atoms with Crippen molar-refractivity contribution < 1.29 is 0 Å². The summed E-state index contributed by atoms with van der Waals surface area (Å²) in [4.78, 5) is 2.26. The number of hydrogen-bond acceptors (Lipinski definition) is 3. The molecule has 1 aromatic carbocycles. The average molecular weight is 175 g/mol. The first-order valence-corrected chi connectivity index (χ1v) is 4.38. The quantitative estimate of drug-likeness (QED) is 0.392. The lowest BCUT2D eigenvalue weighted by Crippen LogP contribution is -2.12. The Morgan fingerprint density at radius 3 is 3.15 bits per heavy atom. The van der Waals surface area contributed by atoms with E-state index in [1.165, 1.54) is 11.3 Å². The maximum Gasteiger partial charge on any atom is 0.0538 e. The van der Waals surface area contributed by atoms with Gasteiger partial charge in [0.2, 0.25) is 0 Å². The average Bonchev–Trinajstić information content (AvgIpc) is 2.48. The predicted octanol–water partition coefficient (Wildman–Crippen LogP) is 0.971. The molecule has 0 saturated heterocycles. The van der Waals surface area contributed by atoms with Crippen molar-refractivity contribution in [3.8, 4) is 0 Å². The molecule has 2 rings (SSSR count). The van der Waals surface area contributed by atoms with E-state index in [1.54, 1.807) is 6.21 Å². The van der Waals surface area contributed by atoms with Gasteiger partial charge in [0.05, 0.1) is 6.21 Å². The molecule has 0 radical (unpaired) electrons. The standard InChI is InChI=1S/C10H13N3/c1-13-5-4-9-6-8(7-12-11)2-3-10(9)13/h2-3,6-7H,4-5,11H2,1H3. The molecule has 68 valence electrons. The van der Waals surface area contributed by atoms with Gasteiger partial charge in [-0.2, -0.15) is 5.10 Å². The molecule has 0 bridgehead atoms. The zero-order valence-corrected chi connectivity index (χ0v) is 7.70. The minimum atomic E-state index is 1.08. The molecule has 1 aromatic rings. The number of anilines is 1. The Kier molecular flexibility index (Phi) is 1.93. The highest BCUT2D eigenvalue weighted by Gasteiger charge is 2.14. The zero-order valence-electron chi connectivity index (χ0n) is 7.70. The van der Waals surface area contributed by atoms with E-state index in [0.717, 1.165) is 18.5 Å². The number of fused-ring (bicyclic) bond motifs is 1. The second-order valence-corrected chi connectivity index (χ2v) is 3.34. The van der Waals surface area contributed by atoms with E-state index in [1.807, 2.05) is 6.07 Å². The van der Waals surface area contributed by atoms with Crippen molar-refractivity contribution in [3.63, 3.8) is 0 Å². The van der Waals surface area contributed by atoms with E-state index < -0.39 is 0 Å². The van der Waals surface area contributed by atoms with Crippen molar-refractivity contribution in [1.29, 1.82) is 0 Å². The first kappa shape index (κ1) is 8.10. The van der Waals surface area contributed by atoms with Gasteiger partial charge >= 0.3 is 0 Å². The van der Waals surface area contributed by atoms with Crippen molar-refractivity contribution >= 4 is 11.9 Å². The van der Waals surface area contributed by atoms with Gasteiger partial charge in [-0.1, -0.05) is 6.07 Å². The van der Waals surface area contributed by atoms with E-state index >= 15 is 0 Å². The lowest BCUT2D eigenvalue weighted by Gasteiger charge is -2.11. The first-order chi connectivity index (χ1) is 6.31. The van der Waals surface area contributed by atoms with Crippen LogP contribution in [0.2, 0.25) is 0 Å². The minimum Gasteiger partial charge on any atom is -0.374 e. The first-order valence-electron chi connectivity index (χ1n) is 4.38. The monoisotopic (exact) mass is 175 g/mol. The van der Waals surface area contributed by atoms with E-state index in [-0.39, 0.29) is 0 Å². The van der Waals surface area contributed by atoms with Crippen LogP contribution in [-0.4, -0.2) is 19.8 Å². The fraction of sp³-hybridized carbons (Fsp3) is 0.300. The maximum absolute atomic E-state index is 5.09. The molecule has 3 nitrogen and oxygen atoms in total. The van der Waals surface area contributed by atoms with Crippen molar-refractivity contribution in [2.45, 2.75) is 6.42 Å². The molecular formula is C10H13N3. The van der Waals surface area contributed by atoms with Crippen LogP contribution in [0.15, 0.2) is 23.3 Å². The summed E-state index contributed by atoms with van der Waals surface area (Å²) in [5, 5.41) is 3.51. The number of nitrogens with two attached hydrogens (primary N) is 1. The SMILES string of the molecule is CN1CCc2cc(C=NN)ccc21. The van der Waals surface area contributed by atoms with Crippen LogP contribution in [0, 0.1) is 0 Å². The van der Waals surface area contributed by atoms with Crippen LogP contribution < -0.4 is 10.7 Å². The topological polar surface area (TPSA) is 41.6 Å². The highest BCUT2D eigenvalue weighted by Crippen LogP contribution is 2.26. The summed E-state index contributed by atoms with van der Waals surface area (Å²) in [6.07, 6.45) is 2.80. The van der Waals surface area contributed by atoms with Crippen LogP contribution in [0.3, 0.4) is 0 Å². The van der Waals surface area contributed by atoms with Gasteiger partial charge in [-0.05, 0) is 29.7 Å². The van der Waals surface area contributed by atoms with Crippen molar-refractivity contribution in [3.05, 3.63) is 29.3 Å². The fourth-order valence-corrected chi connectivity index (χ4v) is 1.75. The van der Waals surface area contributed by atoms with E-state index in [2.05, 4.69) is 29.2 Å². The molecule has 0 aromatic heterocycles. The fourth-order valence-electron chi connectivity index (χ4n) is 1.75. The third-order valence-corrected chi connectivity index (χ3v) is 2.45. The molecule has 2 N–H and O–H groups in total. The Bertz CT molecular complexity index is 344. The molecule has 0 aliphatic carbocycles. The number of benzene rings is 1. The molecule has 1 heterocycles. The summed E-state index contributed by atoms with van der Waals surface area (Å²) in [5.41, 5.74) is 3.80. The molecule has 0 spiro atoms. The van der Waals surface area contributed by atoms with Crippen molar-refractivity contribution in [2.24, 2.45) is 10.9 Å². The van der Waals surface area contributed by atoms with Gasteiger partial charge in [0, 0.05) is 19.3 Å². The summed E-state index contributed by atoms with van der Waals surface area (Å²) in [6, 6.07) is 6.31. The molecule has 13 heavy (non-hydrogen) atoms. The van der Waals surface area contributed by atoms with Crippen LogP contribution in [0.4, 0.5) is 5.69 Å². The van der Waals surface area contributed by atoms with Gasteiger partial charge in [-0.25, -0.2) is 0 Å². The number of nitrogens with zero attached hydrogens (tertiary/aromatic N) is 2. The Hall–Kier alpha value is -1.51. The normalized spacial score (nSPS) is 15.3. The lowest BCUT2D eigenvalue weighted by molar-refractivity contribution is 0.956. The van der Waals surface area contributed by atoms with E-state index in [4.69, 9.17) is 5.84 Å². The maximum atomic E-state index is 5.09. The van der Waals surface area contributed by atoms with Crippen LogP contribution in [0.5, 0.6) is 0 Å². The van der Waals surface area contributed by atoms with Gasteiger partial charge in [0.25, 0.3) is 0 Å². The Morgan fingerprint density at radius 2 is 2.38 bits per heavy atom. The van der Waals surface area contributed by atoms with Crippen LogP contribution in [-0.2, 0) is 6.42 Å². The third kappa shape index (κ3) is 1.37. The molecule has 0 fully saturated rings. The Balaban J connectivity index is 2.39. The number of hydrogen-bond donors (Lipinski definition) is 1. The van der Waals surface area contributed by atoms with Gasteiger partial charge in [0.15, 0.2) is 0 Å². The second-order valence-electron chi connectivity index (χ2n) is 3.34. The molecular weight excluding hydrogens is 162 g/mol. The highest BCUT2D eigenvalue weighted by molar-refractivity contribution is 5.81. The van der Waals surface area contributed by atoms with Crippen molar-refractivity contribution in [1.82, 2.24) is 0 Å². The summed E-state index contributed by atoms with van der Waals surface area (Å²) in [5.74, 6) is 5.09. The molecule has 0 unspecified atom stereocenters. The summed E-state index contributed by atoms with van der Waals surface area (Å²) in [7, 11) is 2.11. The Labute approximate surface area is 77.9 Å². The Morgan fingerprint density at radius 1 is 1.54 bits per heavy atom.